The molecule has 2 fully saturated rings. The Bertz CT molecular complexity index is 1250. The van der Waals surface area contributed by atoms with E-state index in [-0.39, 0.29) is 0 Å². The molecule has 2 aliphatic rings. The Hall–Kier alpha value is -3.46. The minimum Gasteiger partial charge on any atom is -0.494 e. The van der Waals surface area contributed by atoms with Gasteiger partial charge in [-0.25, -0.2) is 4.98 Å². The summed E-state index contributed by atoms with van der Waals surface area (Å²) in [4.78, 5) is 14.9. The maximum Gasteiger partial charge on any atom is 0.225 e. The summed E-state index contributed by atoms with van der Waals surface area (Å²) in [7, 11) is 3.33. The average Bonchev–Trinajstić information content (AvgIpc) is 2.98. The van der Waals surface area contributed by atoms with Crippen molar-refractivity contribution in [1.82, 2.24) is 14.9 Å². The zero-order valence-electron chi connectivity index (χ0n) is 24.4. The van der Waals surface area contributed by atoms with Crippen molar-refractivity contribution in [3.63, 3.8) is 0 Å². The van der Waals surface area contributed by atoms with Crippen molar-refractivity contribution in [3.05, 3.63) is 35.9 Å². The summed E-state index contributed by atoms with van der Waals surface area (Å²) in [5, 5.41) is 4.67. The van der Waals surface area contributed by atoms with Crippen LogP contribution in [0.25, 0.3) is 10.9 Å². The van der Waals surface area contributed by atoms with Crippen molar-refractivity contribution in [3.8, 4) is 23.0 Å². The van der Waals surface area contributed by atoms with E-state index in [0.29, 0.717) is 36.7 Å². The van der Waals surface area contributed by atoms with Crippen molar-refractivity contribution in [2.24, 2.45) is 0 Å². The Kier molecular flexibility index (Phi) is 9.31. The molecule has 216 valence electrons. The number of hydrogen-bond acceptors (Lipinski definition) is 9. The summed E-state index contributed by atoms with van der Waals surface area (Å²) < 4.78 is 22.7. The van der Waals surface area contributed by atoms with E-state index in [1.54, 1.807) is 14.2 Å². The van der Waals surface area contributed by atoms with Crippen LogP contribution in [0.5, 0.6) is 23.0 Å². The standard InChI is InChI=1S/C31H43N5O4/c1-5-39-24-16-22(17-25(18-24)40-6-2)21-35-14-10-23(11-15-35)32-31-33-27-20-29(38-4)28(37-3)19-26(27)30(34-31)36-12-8-7-9-13-36/h16-20,23H,5-15,21H2,1-4H3,(H,32,33,34). The van der Waals surface area contributed by atoms with Crippen LogP contribution in [0.4, 0.5) is 11.8 Å². The van der Waals surface area contributed by atoms with Gasteiger partial charge in [0.15, 0.2) is 11.5 Å². The third-order valence-corrected chi connectivity index (χ3v) is 7.73. The number of ether oxygens (including phenoxy) is 4. The van der Waals surface area contributed by atoms with Gasteiger partial charge in [-0.1, -0.05) is 0 Å². The second-order valence-electron chi connectivity index (χ2n) is 10.5. The summed E-state index contributed by atoms with van der Waals surface area (Å²) in [5.74, 6) is 4.78. The lowest BCUT2D eigenvalue weighted by Crippen LogP contribution is -2.39. The number of benzene rings is 2. The molecule has 3 heterocycles. The molecule has 0 aliphatic carbocycles. The number of aromatic nitrogens is 2. The molecule has 2 aromatic carbocycles. The van der Waals surface area contributed by atoms with Gasteiger partial charge in [0.1, 0.15) is 17.3 Å². The Morgan fingerprint density at radius 3 is 2.08 bits per heavy atom. The summed E-state index contributed by atoms with van der Waals surface area (Å²) in [6.45, 7) is 10.2. The summed E-state index contributed by atoms with van der Waals surface area (Å²) in [6, 6.07) is 10.5. The smallest absolute Gasteiger partial charge is 0.225 e. The minimum atomic E-state index is 0.316. The van der Waals surface area contributed by atoms with Crippen LogP contribution in [-0.4, -0.2) is 74.5 Å². The molecule has 5 rings (SSSR count). The summed E-state index contributed by atoms with van der Waals surface area (Å²) >= 11 is 0. The third kappa shape index (κ3) is 6.63. The van der Waals surface area contributed by atoms with Crippen molar-refractivity contribution < 1.29 is 18.9 Å². The van der Waals surface area contributed by atoms with E-state index in [1.807, 2.05) is 32.0 Å². The Labute approximate surface area is 237 Å². The third-order valence-electron chi connectivity index (χ3n) is 7.73. The normalized spacial score (nSPS) is 16.6. The highest BCUT2D eigenvalue weighted by molar-refractivity contribution is 5.93. The number of methoxy groups -OCH3 is 2. The molecule has 9 heteroatoms. The molecule has 2 aliphatic heterocycles. The Morgan fingerprint density at radius 2 is 1.45 bits per heavy atom. The highest BCUT2D eigenvalue weighted by atomic mass is 16.5. The van der Waals surface area contributed by atoms with Gasteiger partial charge in [0, 0.05) is 56.3 Å². The number of hydrogen-bond donors (Lipinski definition) is 1. The number of nitrogens with one attached hydrogen (secondary N) is 1. The Morgan fingerprint density at radius 1 is 0.800 bits per heavy atom. The van der Waals surface area contributed by atoms with Crippen LogP contribution in [-0.2, 0) is 6.54 Å². The molecular weight excluding hydrogens is 506 g/mol. The van der Waals surface area contributed by atoms with E-state index in [0.717, 1.165) is 73.8 Å². The maximum absolute atomic E-state index is 5.78. The predicted molar refractivity (Wildman–Crippen MR) is 159 cm³/mol. The molecule has 0 spiro atoms. The molecule has 0 saturated carbocycles. The lowest BCUT2D eigenvalue weighted by Gasteiger charge is -2.33. The molecule has 3 aromatic rings. The summed E-state index contributed by atoms with van der Waals surface area (Å²) in [5.41, 5.74) is 2.08. The first kappa shape index (κ1) is 28.1. The molecule has 0 unspecified atom stereocenters. The van der Waals surface area contributed by atoms with Crippen molar-refractivity contribution in [2.75, 3.05) is 63.8 Å². The van der Waals surface area contributed by atoms with Crippen molar-refractivity contribution in [2.45, 2.75) is 58.5 Å². The van der Waals surface area contributed by atoms with Crippen molar-refractivity contribution >= 4 is 22.7 Å². The SMILES string of the molecule is CCOc1cc(CN2CCC(Nc3nc(N4CCCCC4)c4cc(OC)c(OC)cc4n3)CC2)cc(OCC)c1. The van der Waals surface area contributed by atoms with Crippen LogP contribution in [0.1, 0.15) is 51.5 Å². The molecule has 0 atom stereocenters. The first-order chi connectivity index (χ1) is 19.6. The molecule has 1 N–H and O–H groups in total. The highest BCUT2D eigenvalue weighted by Gasteiger charge is 2.23. The number of anilines is 2. The van der Waals surface area contributed by atoms with Gasteiger partial charge in [-0.2, -0.15) is 4.98 Å². The number of likely N-dealkylation sites (tertiary alicyclic amines) is 1. The zero-order valence-corrected chi connectivity index (χ0v) is 24.4. The molecule has 1 aromatic heterocycles. The van der Waals surface area contributed by atoms with Crippen LogP contribution in [0.2, 0.25) is 0 Å². The fourth-order valence-electron chi connectivity index (χ4n) is 5.75. The lowest BCUT2D eigenvalue weighted by molar-refractivity contribution is 0.210. The van der Waals surface area contributed by atoms with Gasteiger partial charge in [-0.15, -0.1) is 0 Å². The van der Waals surface area contributed by atoms with Crippen LogP contribution >= 0.6 is 0 Å². The number of fused-ring (bicyclic) bond motifs is 1. The lowest BCUT2D eigenvalue weighted by atomic mass is 10.0. The quantitative estimate of drug-likeness (QED) is 0.333. The van der Waals surface area contributed by atoms with E-state index >= 15 is 0 Å². The molecule has 2 saturated heterocycles. The molecule has 40 heavy (non-hydrogen) atoms. The molecule has 0 bridgehead atoms. The minimum absolute atomic E-state index is 0.316. The van der Waals surface area contributed by atoms with Gasteiger partial charge in [0.25, 0.3) is 0 Å². The van der Waals surface area contributed by atoms with Gasteiger partial charge < -0.3 is 29.2 Å². The van der Waals surface area contributed by atoms with E-state index in [1.165, 1.54) is 24.8 Å². The number of rotatable bonds is 11. The topological polar surface area (TPSA) is 81.2 Å². The molecule has 0 radical (unpaired) electrons. The second-order valence-corrected chi connectivity index (χ2v) is 10.5. The first-order valence-corrected chi connectivity index (χ1v) is 14.7. The van der Waals surface area contributed by atoms with Gasteiger partial charge >= 0.3 is 0 Å². The average molecular weight is 550 g/mol. The highest BCUT2D eigenvalue weighted by Crippen LogP contribution is 2.37. The van der Waals surface area contributed by atoms with E-state index in [9.17, 15) is 0 Å². The van der Waals surface area contributed by atoms with E-state index in [2.05, 4.69) is 27.2 Å². The van der Waals surface area contributed by atoms with Crippen LogP contribution in [0.3, 0.4) is 0 Å². The zero-order chi connectivity index (χ0) is 27.9. The fourth-order valence-corrected chi connectivity index (χ4v) is 5.75. The first-order valence-electron chi connectivity index (χ1n) is 14.7. The molecular formula is C31H43N5O4. The predicted octanol–water partition coefficient (Wildman–Crippen LogP) is 5.51. The van der Waals surface area contributed by atoms with Crippen LogP contribution in [0, 0.1) is 0 Å². The van der Waals surface area contributed by atoms with Gasteiger partial charge in [0.2, 0.25) is 5.95 Å². The van der Waals surface area contributed by atoms with E-state index < -0.39 is 0 Å². The maximum atomic E-state index is 5.78. The van der Waals surface area contributed by atoms with Crippen LogP contribution < -0.4 is 29.2 Å². The van der Waals surface area contributed by atoms with Gasteiger partial charge in [0.05, 0.1) is 33.0 Å². The largest absolute Gasteiger partial charge is 0.494 e. The van der Waals surface area contributed by atoms with E-state index in [4.69, 9.17) is 28.9 Å². The monoisotopic (exact) mass is 549 g/mol. The Balaban J connectivity index is 1.29. The molecule has 9 nitrogen and oxygen atoms in total. The van der Waals surface area contributed by atoms with Gasteiger partial charge in [-0.3, -0.25) is 4.90 Å². The second kappa shape index (κ2) is 13.3. The summed E-state index contributed by atoms with van der Waals surface area (Å²) in [6.07, 6.45) is 5.67. The van der Waals surface area contributed by atoms with Crippen molar-refractivity contribution in [1.29, 1.82) is 0 Å². The number of nitrogens with zero attached hydrogens (tertiary/aromatic N) is 4. The molecule has 0 amide bonds. The van der Waals surface area contributed by atoms with Gasteiger partial charge in [-0.05, 0) is 69.7 Å². The van der Waals surface area contributed by atoms with Crippen LogP contribution in [0.15, 0.2) is 30.3 Å². The number of piperidine rings is 2. The fraction of sp³-hybridized carbons (Fsp3) is 0.548.